The fourth-order valence-electron chi connectivity index (χ4n) is 12.3. The van der Waals surface area contributed by atoms with E-state index >= 15 is 0 Å². The van der Waals surface area contributed by atoms with Crippen LogP contribution < -0.4 is 56.4 Å². The van der Waals surface area contributed by atoms with Crippen LogP contribution in [0.5, 0.6) is 5.75 Å². The Morgan fingerprint density at radius 2 is 1.59 bits per heavy atom. The molecule has 3 aliphatic rings. The van der Waals surface area contributed by atoms with Gasteiger partial charge in [-0.2, -0.15) is 4.58 Å². The molecule has 1 aromatic heterocycles. The van der Waals surface area contributed by atoms with Crippen LogP contribution in [0.15, 0.2) is 152 Å². The Labute approximate surface area is 629 Å². The number of hydrogen-bond donors (Lipinski definition) is 4. The Morgan fingerprint density at radius 1 is 0.845 bits per heavy atom. The molecule has 592 valence electrons. The molecular formula is C66H75N13O26P3S2-5. The lowest BCUT2D eigenvalue weighted by atomic mass is 9.77. The van der Waals surface area contributed by atoms with Crippen LogP contribution in [0, 0.1) is 11.8 Å². The van der Waals surface area contributed by atoms with Gasteiger partial charge in [0.2, 0.25) is 17.5 Å². The Morgan fingerprint density at radius 3 is 2.32 bits per heavy atom. The van der Waals surface area contributed by atoms with Gasteiger partial charge < -0.3 is 82.3 Å². The summed E-state index contributed by atoms with van der Waals surface area (Å²) in [5.74, 6) is 3.30. The maximum absolute atomic E-state index is 13.2. The first kappa shape index (κ1) is 86.6. The zero-order chi connectivity index (χ0) is 80.1. The number of aromatic nitrogens is 2. The number of aromatic amines is 1. The fraction of sp³-hybridized carbons (Fsp3) is 0.424. The van der Waals surface area contributed by atoms with Crippen LogP contribution in [0.4, 0.5) is 17.1 Å². The van der Waals surface area contributed by atoms with E-state index in [1.54, 1.807) is 18.2 Å². The number of nitrogens with zero attached hydrogens (tertiary/aromatic N) is 9. The number of ether oxygens (including phenoxy) is 5. The van der Waals surface area contributed by atoms with Crippen molar-refractivity contribution in [3.8, 4) is 17.6 Å². The molecule has 0 bridgehead atoms. The molecule has 5 aromatic rings. The number of unbranched alkanes of at least 4 members (excludes halogenated alkanes) is 3. The number of azide groups is 2. The number of H-pyrrole nitrogens is 1. The van der Waals surface area contributed by atoms with Gasteiger partial charge in [-0.25, -0.2) is 25.9 Å². The molecular weight excluding hydrogens is 1550 g/mol. The second-order valence-electron chi connectivity index (χ2n) is 25.3. The number of carbonyl (C=O) groups excluding carboxylic acids is 3. The van der Waals surface area contributed by atoms with Gasteiger partial charge >= 0.3 is 5.69 Å². The molecule has 0 saturated carbocycles. The number of fused-ring (bicyclic) bond motifs is 2. The number of hydrogen-bond acceptors (Lipinski definition) is 29. The van der Waals surface area contributed by atoms with Crippen molar-refractivity contribution in [1.82, 2.24) is 25.5 Å². The monoisotopic (exact) mass is 1620 g/mol. The maximum Gasteiger partial charge on any atom is 0.330 e. The van der Waals surface area contributed by atoms with Crippen LogP contribution in [-0.2, 0) is 86.4 Å². The fourth-order valence-corrected chi connectivity index (χ4v) is 16.2. The lowest BCUT2D eigenvalue weighted by Crippen LogP contribution is -2.34. The maximum atomic E-state index is 13.2. The predicted octanol–water partition coefficient (Wildman–Crippen LogP) is 4.16. The van der Waals surface area contributed by atoms with Gasteiger partial charge in [-0.3, -0.25) is 42.2 Å². The van der Waals surface area contributed by atoms with E-state index in [-0.39, 0.29) is 86.4 Å². The summed E-state index contributed by atoms with van der Waals surface area (Å²) in [5.41, 5.74) is 20.2. The van der Waals surface area contributed by atoms with Crippen LogP contribution in [0.1, 0.15) is 105 Å². The Hall–Kier alpha value is -9.03. The van der Waals surface area contributed by atoms with Gasteiger partial charge in [0, 0.05) is 99.9 Å². The van der Waals surface area contributed by atoms with Gasteiger partial charge in [-0.1, -0.05) is 77.0 Å². The molecule has 0 radical (unpaired) electrons. The number of rotatable bonds is 41. The second-order valence-corrected chi connectivity index (χ2v) is 32.5. The summed E-state index contributed by atoms with van der Waals surface area (Å²) in [5, 5.41) is 14.7. The summed E-state index contributed by atoms with van der Waals surface area (Å²) in [6.45, 7) is 3.31. The minimum Gasteiger partial charge on any atom is -0.790 e. The number of allylic oxidation sites excluding steroid dienone is 4. The van der Waals surface area contributed by atoms with Crippen LogP contribution >= 0.6 is 23.5 Å². The van der Waals surface area contributed by atoms with Crippen LogP contribution in [0.2, 0.25) is 0 Å². The average molecular weight is 1620 g/mol. The number of nitrogens with one attached hydrogen (secondary N) is 4. The van der Waals surface area contributed by atoms with Crippen LogP contribution in [-0.4, -0.2) is 154 Å². The smallest absolute Gasteiger partial charge is 0.330 e. The number of carbonyl (C=O) groups is 3. The van der Waals surface area contributed by atoms with Gasteiger partial charge in [0.05, 0.1) is 60.7 Å². The number of amides is 3. The van der Waals surface area contributed by atoms with E-state index in [1.807, 2.05) is 91.7 Å². The number of benzene rings is 4. The highest BCUT2D eigenvalue weighted by Crippen LogP contribution is 2.61. The number of para-hydroxylation sites is 2. The summed E-state index contributed by atoms with van der Waals surface area (Å²) >= 11 is 0. The largest absolute Gasteiger partial charge is 0.790 e. The van der Waals surface area contributed by atoms with E-state index in [4.69, 9.17) is 29.2 Å². The molecule has 0 aliphatic carbocycles. The van der Waals surface area contributed by atoms with Crippen molar-refractivity contribution in [1.29, 1.82) is 0 Å². The van der Waals surface area contributed by atoms with E-state index in [9.17, 15) is 88.7 Å². The average Bonchev–Trinajstić information content (AvgIpc) is 1.58. The molecule has 0 spiro atoms. The molecule has 1 saturated heterocycles. The molecule has 3 amide bonds. The van der Waals surface area contributed by atoms with Crippen LogP contribution in [0.3, 0.4) is 0 Å². The molecule has 4 heterocycles. The van der Waals surface area contributed by atoms with Crippen molar-refractivity contribution in [2.24, 2.45) is 10.2 Å². The zero-order valence-corrected chi connectivity index (χ0v) is 63.4. The molecule has 7 unspecified atom stereocenters. The molecule has 44 heteroatoms. The normalized spacial score (nSPS) is 19.1. The Kier molecular flexibility index (Phi) is 30.5. The molecule has 3 aliphatic heterocycles. The van der Waals surface area contributed by atoms with Gasteiger partial charge in [0.25, 0.3) is 27.1 Å². The highest BCUT2D eigenvalue weighted by atomic mass is 32.2. The highest BCUT2D eigenvalue weighted by molar-refractivity contribution is 7.86. The van der Waals surface area contributed by atoms with E-state index < -0.39 is 128 Å². The molecule has 4 aromatic carbocycles. The zero-order valence-electron chi connectivity index (χ0n) is 59.1. The van der Waals surface area contributed by atoms with Crippen molar-refractivity contribution in [2.75, 3.05) is 76.6 Å². The highest BCUT2D eigenvalue weighted by Gasteiger charge is 2.46. The van der Waals surface area contributed by atoms with Crippen molar-refractivity contribution >= 4 is 84.2 Å². The Bertz CT molecular complexity index is 4980. The first-order valence-corrected chi connectivity index (χ1v) is 41.0. The minimum atomic E-state index is -6.31. The third-order valence-electron chi connectivity index (χ3n) is 17.3. The van der Waals surface area contributed by atoms with Gasteiger partial charge in [-0.05, 0) is 118 Å². The van der Waals surface area contributed by atoms with E-state index in [1.165, 1.54) is 24.3 Å². The standard InChI is InChI=1S/C66H80N13O26P3S2/c1-65(2)51-38-49(110(95,96)97)27-28-52(51)77(56(65)24-15-25-57-66(3,29-11-13-36-109(92,93)94)50-22-9-10-23-53(50)79(57)47-19-6-4-7-20-47)33-12-5-8-26-58(80)70-31-32-71-62(82)45-17-14-21-48(37-45)100-43-60(74-76-68)99-35-34-98-42-59(81)69-30-16-18-46-40-78(64(84)73-63(46)83)61-39-54(101-44-72-75-67)55(103-61)41-102-107(88,89)105-108(90,91)104-106(85,86)87/h4,6-7,9-10,14-15,17,19-25,27-28,37-38,40,54-55,60-61H,5,8,11-13,26,29-36,39,41-44H2,1-3H3,(H9-,69,70,71,73,80,81,82,83,84,85,86,87,88,89,90,91,92,93,94,95,96,97)/p-5. The molecule has 7 atom stereocenters. The molecule has 8 rings (SSSR count). The molecule has 39 nitrogen and oxygen atoms in total. The summed E-state index contributed by atoms with van der Waals surface area (Å²) in [6.07, 6.45) is 4.30. The third kappa shape index (κ3) is 25.0. The predicted molar refractivity (Wildman–Crippen MR) is 380 cm³/mol. The van der Waals surface area contributed by atoms with Gasteiger partial charge in [0.15, 0.2) is 11.9 Å². The topological polar surface area (TPSA) is 578 Å². The summed E-state index contributed by atoms with van der Waals surface area (Å²) in [4.78, 5) is 118. The van der Waals surface area contributed by atoms with E-state index in [2.05, 4.69) is 77.4 Å². The first-order chi connectivity index (χ1) is 52.0. The number of phosphoric ester groups is 1. The van der Waals surface area contributed by atoms with Crippen molar-refractivity contribution in [3.63, 3.8) is 0 Å². The summed E-state index contributed by atoms with van der Waals surface area (Å²) in [7, 11) is -27.8. The quantitative estimate of drug-likeness (QED) is 0.00623. The summed E-state index contributed by atoms with van der Waals surface area (Å²) < 4.78 is 148. The number of anilines is 2. The SMILES string of the molecule is CC1(C)C(/C=C/C=C2/N(c3ccccc3)c3ccccc3C2(C)CCCCS(=O)(=O)[O-])=[N+](CCCCCC(=O)NCCNC(=O)c2cccc(OCC(N=[N+]=[N-])OCCOCC(=O)NCC#Cc3cn(C4CC(OCN=[N+]=[N-])C(COP(=O)([O-])OP(=O)([O-])OP(=O)([O-])[O-])O4)c(=O)[nH]c3=O)c2)c2ccc(S(=O)(=O)[O-])cc21. The molecule has 1 fully saturated rings. The van der Waals surface area contributed by atoms with Crippen molar-refractivity contribution in [3.05, 3.63) is 191 Å². The minimum absolute atomic E-state index is 0.0757. The molecule has 4 N–H and O–H groups in total. The third-order valence-corrected chi connectivity index (χ3v) is 22.5. The second kappa shape index (κ2) is 38.7. The van der Waals surface area contributed by atoms with E-state index in [0.29, 0.717) is 44.2 Å². The van der Waals surface area contributed by atoms with Gasteiger partial charge in [-0.15, -0.1) is 0 Å². The van der Waals surface area contributed by atoms with Crippen molar-refractivity contribution < 1.29 is 115 Å². The van der Waals surface area contributed by atoms with Gasteiger partial charge in [0.1, 0.15) is 60.3 Å². The van der Waals surface area contributed by atoms with Crippen molar-refractivity contribution in [2.45, 2.75) is 113 Å². The number of phosphoric acid groups is 3. The molecule has 110 heavy (non-hydrogen) atoms. The summed E-state index contributed by atoms with van der Waals surface area (Å²) in [6, 6.07) is 28.2. The van der Waals surface area contributed by atoms with E-state index in [0.717, 1.165) is 44.8 Å². The Balaban J connectivity index is 0.759. The first-order valence-electron chi connectivity index (χ1n) is 33.7. The lowest BCUT2D eigenvalue weighted by molar-refractivity contribution is -0.438. The lowest BCUT2D eigenvalue weighted by Gasteiger charge is -2.37. The van der Waals surface area contributed by atoms with Crippen LogP contribution in [0.25, 0.3) is 20.9 Å².